The van der Waals surface area contributed by atoms with Crippen molar-refractivity contribution < 1.29 is 13.2 Å². The molecule has 1 aromatic rings. The van der Waals surface area contributed by atoms with Gasteiger partial charge in [0.15, 0.2) is 0 Å². The van der Waals surface area contributed by atoms with E-state index in [1.165, 1.54) is 0 Å². The Kier molecular flexibility index (Phi) is 4.78. The number of aromatic nitrogens is 2. The van der Waals surface area contributed by atoms with Crippen LogP contribution >= 0.6 is 11.8 Å². The first-order chi connectivity index (χ1) is 9.01. The summed E-state index contributed by atoms with van der Waals surface area (Å²) in [6.07, 6.45) is 0.413. The molecule has 1 N–H and O–H groups in total. The van der Waals surface area contributed by atoms with Crippen molar-refractivity contribution in [3.63, 3.8) is 0 Å². The van der Waals surface area contributed by atoms with Crippen LogP contribution in [0.15, 0.2) is 6.33 Å². The summed E-state index contributed by atoms with van der Waals surface area (Å²) in [5, 5.41) is 0. The van der Waals surface area contributed by atoms with Gasteiger partial charge < -0.3 is 4.98 Å². The van der Waals surface area contributed by atoms with Gasteiger partial charge in [0, 0.05) is 25.2 Å². The van der Waals surface area contributed by atoms with Gasteiger partial charge in [-0.1, -0.05) is 0 Å². The van der Waals surface area contributed by atoms with Gasteiger partial charge in [-0.15, -0.1) is 0 Å². The first-order valence-electron chi connectivity index (χ1n) is 6.33. The van der Waals surface area contributed by atoms with E-state index in [1.54, 1.807) is 18.1 Å². The van der Waals surface area contributed by atoms with Gasteiger partial charge in [-0.2, -0.15) is 24.9 Å². The number of H-pyrrole nitrogens is 1. The second-order valence-electron chi connectivity index (χ2n) is 4.71. The number of thioether (sulfide) groups is 1. The fourth-order valence-corrected chi connectivity index (χ4v) is 2.95. The highest BCUT2D eigenvalue weighted by molar-refractivity contribution is 7.98. The second kappa shape index (κ2) is 6.17. The Morgan fingerprint density at radius 2 is 2.32 bits per heavy atom. The molecule has 2 rings (SSSR count). The van der Waals surface area contributed by atoms with Crippen molar-refractivity contribution in [3.05, 3.63) is 17.7 Å². The van der Waals surface area contributed by atoms with Crippen LogP contribution in [0, 0.1) is 0 Å². The van der Waals surface area contributed by atoms with Crippen molar-refractivity contribution in [1.82, 2.24) is 14.9 Å². The lowest BCUT2D eigenvalue weighted by Gasteiger charge is -2.35. The predicted octanol–water partition coefficient (Wildman–Crippen LogP) is 3.01. The average molecular weight is 293 g/mol. The zero-order chi connectivity index (χ0) is 13.9. The maximum absolute atomic E-state index is 12.4. The quantitative estimate of drug-likeness (QED) is 0.905. The molecule has 2 heterocycles. The van der Waals surface area contributed by atoms with Gasteiger partial charge in [0.25, 0.3) is 0 Å². The molecule has 0 aromatic carbocycles. The maximum atomic E-state index is 12.4. The number of fused-ring (bicyclic) bond motifs is 1. The monoisotopic (exact) mass is 293 g/mol. The Hall–Kier alpha value is -0.690. The number of halogens is 3. The standard InChI is InChI=1S/C12H18F3N3S/c1-19-7-3-10-11-9(16-8-17-11)2-5-18(10)6-4-12(13,14)15/h8,10H,2-7H2,1H3,(H,16,17)/t10-/m1/s1. The van der Waals surface area contributed by atoms with E-state index in [4.69, 9.17) is 0 Å². The zero-order valence-corrected chi connectivity index (χ0v) is 11.7. The van der Waals surface area contributed by atoms with Crippen LogP contribution in [-0.4, -0.2) is 46.1 Å². The normalized spacial score (nSPS) is 20.5. The summed E-state index contributed by atoms with van der Waals surface area (Å²) in [5.41, 5.74) is 2.01. The van der Waals surface area contributed by atoms with Crippen LogP contribution in [0.4, 0.5) is 13.2 Å². The van der Waals surface area contributed by atoms with Crippen molar-refractivity contribution in [2.24, 2.45) is 0 Å². The lowest BCUT2D eigenvalue weighted by Crippen LogP contribution is -2.38. The Bertz CT molecular complexity index is 405. The lowest BCUT2D eigenvalue weighted by atomic mass is 10.0. The summed E-state index contributed by atoms with van der Waals surface area (Å²) < 4.78 is 37.1. The van der Waals surface area contributed by atoms with Gasteiger partial charge in [0.2, 0.25) is 0 Å². The fraction of sp³-hybridized carbons (Fsp3) is 0.750. The molecule has 1 aliphatic heterocycles. The Morgan fingerprint density at radius 1 is 1.53 bits per heavy atom. The second-order valence-corrected chi connectivity index (χ2v) is 5.70. The van der Waals surface area contributed by atoms with Gasteiger partial charge in [0.1, 0.15) is 0 Å². The molecule has 1 atom stereocenters. The molecule has 0 radical (unpaired) electrons. The summed E-state index contributed by atoms with van der Waals surface area (Å²) in [7, 11) is 0. The van der Waals surface area contributed by atoms with Crippen LogP contribution < -0.4 is 0 Å². The smallest absolute Gasteiger partial charge is 0.348 e. The van der Waals surface area contributed by atoms with Crippen LogP contribution in [0.3, 0.4) is 0 Å². The zero-order valence-electron chi connectivity index (χ0n) is 10.8. The Labute approximate surface area is 115 Å². The number of alkyl halides is 3. The molecule has 1 aliphatic rings. The first-order valence-corrected chi connectivity index (χ1v) is 7.72. The van der Waals surface area contributed by atoms with Crippen LogP contribution in [-0.2, 0) is 6.42 Å². The summed E-state index contributed by atoms with van der Waals surface area (Å²) in [6.45, 7) is 0.735. The van der Waals surface area contributed by atoms with Crippen LogP contribution in [0.25, 0.3) is 0 Å². The molecule has 0 bridgehead atoms. The van der Waals surface area contributed by atoms with Crippen molar-refractivity contribution in [2.45, 2.75) is 31.5 Å². The Morgan fingerprint density at radius 3 is 3.00 bits per heavy atom. The highest BCUT2D eigenvalue weighted by atomic mass is 32.2. The SMILES string of the molecule is CSCC[C@@H]1c2nc[nH]c2CCN1CCC(F)(F)F. The van der Waals surface area contributed by atoms with E-state index in [9.17, 15) is 13.2 Å². The van der Waals surface area contributed by atoms with Gasteiger partial charge in [0.05, 0.1) is 24.5 Å². The van der Waals surface area contributed by atoms with Crippen LogP contribution in [0.5, 0.6) is 0 Å². The Balaban J connectivity index is 2.05. The lowest BCUT2D eigenvalue weighted by molar-refractivity contribution is -0.139. The molecule has 0 spiro atoms. The molecule has 19 heavy (non-hydrogen) atoms. The molecule has 1 aromatic heterocycles. The van der Waals surface area contributed by atoms with Crippen molar-refractivity contribution >= 4 is 11.8 Å². The van der Waals surface area contributed by atoms with Crippen molar-refractivity contribution in [3.8, 4) is 0 Å². The number of imidazole rings is 1. The minimum absolute atomic E-state index is 0.0183. The number of aromatic amines is 1. The van der Waals surface area contributed by atoms with E-state index >= 15 is 0 Å². The fourth-order valence-electron chi connectivity index (χ4n) is 2.49. The molecular weight excluding hydrogens is 275 g/mol. The topological polar surface area (TPSA) is 31.9 Å². The third kappa shape index (κ3) is 3.89. The molecule has 0 aliphatic carbocycles. The first kappa shape index (κ1) is 14.7. The molecule has 0 amide bonds. The van der Waals surface area contributed by atoms with Gasteiger partial charge in [-0.05, 0) is 18.4 Å². The molecule has 3 nitrogen and oxygen atoms in total. The predicted molar refractivity (Wildman–Crippen MR) is 70.3 cm³/mol. The number of nitrogens with one attached hydrogen (secondary N) is 1. The third-order valence-electron chi connectivity index (χ3n) is 3.43. The van der Waals surface area contributed by atoms with Crippen molar-refractivity contribution in [1.29, 1.82) is 0 Å². The molecule has 108 valence electrons. The molecule has 0 saturated heterocycles. The largest absolute Gasteiger partial charge is 0.390 e. The van der Waals surface area contributed by atoms with Gasteiger partial charge in [-0.3, -0.25) is 4.90 Å². The molecule has 7 heteroatoms. The minimum atomic E-state index is -4.09. The van der Waals surface area contributed by atoms with Crippen LogP contribution in [0.2, 0.25) is 0 Å². The summed E-state index contributed by atoms with van der Waals surface area (Å²) in [5.74, 6) is 0.930. The molecule has 0 saturated carbocycles. The summed E-state index contributed by atoms with van der Waals surface area (Å²) in [4.78, 5) is 9.31. The highest BCUT2D eigenvalue weighted by Crippen LogP contribution is 2.32. The van der Waals surface area contributed by atoms with E-state index in [0.29, 0.717) is 6.54 Å². The van der Waals surface area contributed by atoms with Gasteiger partial charge >= 0.3 is 6.18 Å². The van der Waals surface area contributed by atoms with E-state index in [-0.39, 0.29) is 12.6 Å². The molecule has 0 unspecified atom stereocenters. The maximum Gasteiger partial charge on any atom is 0.390 e. The minimum Gasteiger partial charge on any atom is -0.348 e. The van der Waals surface area contributed by atoms with E-state index in [0.717, 1.165) is 30.0 Å². The molecule has 0 fully saturated rings. The van der Waals surface area contributed by atoms with Gasteiger partial charge in [-0.25, -0.2) is 4.98 Å². The van der Waals surface area contributed by atoms with Crippen molar-refractivity contribution in [2.75, 3.05) is 25.1 Å². The average Bonchev–Trinajstić information content (AvgIpc) is 2.81. The summed E-state index contributed by atoms with van der Waals surface area (Å²) in [6, 6.07) is 0.0183. The highest BCUT2D eigenvalue weighted by Gasteiger charge is 2.33. The third-order valence-corrected chi connectivity index (χ3v) is 4.08. The van der Waals surface area contributed by atoms with E-state index < -0.39 is 12.6 Å². The van der Waals surface area contributed by atoms with E-state index in [1.807, 2.05) is 11.2 Å². The number of hydrogen-bond donors (Lipinski definition) is 1. The van der Waals surface area contributed by atoms with E-state index in [2.05, 4.69) is 9.97 Å². The van der Waals surface area contributed by atoms with Crippen LogP contribution in [0.1, 0.15) is 30.3 Å². The number of hydrogen-bond acceptors (Lipinski definition) is 3. The number of rotatable bonds is 5. The summed E-state index contributed by atoms with van der Waals surface area (Å²) >= 11 is 1.71. The molecular formula is C12H18F3N3S. The number of nitrogens with zero attached hydrogens (tertiary/aromatic N) is 2.